The summed E-state index contributed by atoms with van der Waals surface area (Å²) in [5, 5.41) is 3.29. The molecule has 1 aliphatic rings. The number of carbonyl (C=O) groups is 1. The van der Waals surface area contributed by atoms with E-state index in [0.717, 1.165) is 25.1 Å². The minimum atomic E-state index is 0. The van der Waals surface area contributed by atoms with E-state index in [9.17, 15) is 4.79 Å². The van der Waals surface area contributed by atoms with E-state index in [4.69, 9.17) is 0 Å². The second-order valence-electron chi connectivity index (χ2n) is 4.46. The highest BCUT2D eigenvalue weighted by Crippen LogP contribution is 2.12. The van der Waals surface area contributed by atoms with Crippen LogP contribution < -0.4 is 5.32 Å². The van der Waals surface area contributed by atoms with Crippen LogP contribution in [-0.2, 0) is 11.2 Å². The highest BCUT2D eigenvalue weighted by Gasteiger charge is 2.22. The fourth-order valence-corrected chi connectivity index (χ4v) is 2.73. The van der Waals surface area contributed by atoms with Crippen molar-refractivity contribution in [3.8, 4) is 0 Å². The Balaban J connectivity index is 0.00000162. The predicted molar refractivity (Wildman–Crippen MR) is 84.2 cm³/mol. The fourth-order valence-electron chi connectivity index (χ4n) is 2.12. The molecule has 0 radical (unpaired) electrons. The number of benzene rings is 1. The molecular formula is C13H18ClIN2O. The van der Waals surface area contributed by atoms with Gasteiger partial charge in [-0.15, -0.1) is 12.4 Å². The first-order valence-corrected chi connectivity index (χ1v) is 6.95. The highest BCUT2D eigenvalue weighted by molar-refractivity contribution is 14.1. The minimum absolute atomic E-state index is 0. The third-order valence-electron chi connectivity index (χ3n) is 3.22. The second-order valence-corrected chi connectivity index (χ2v) is 5.70. The van der Waals surface area contributed by atoms with Crippen molar-refractivity contribution >= 4 is 40.9 Å². The van der Waals surface area contributed by atoms with Gasteiger partial charge in [0.1, 0.15) is 0 Å². The molecule has 1 aromatic carbocycles. The van der Waals surface area contributed by atoms with E-state index >= 15 is 0 Å². The van der Waals surface area contributed by atoms with Crippen LogP contribution in [0.15, 0.2) is 24.3 Å². The number of carbonyl (C=O) groups excluding carboxylic acids is 1. The topological polar surface area (TPSA) is 32.3 Å². The van der Waals surface area contributed by atoms with E-state index < -0.39 is 0 Å². The van der Waals surface area contributed by atoms with Gasteiger partial charge in [-0.25, -0.2) is 0 Å². The number of rotatable bonds is 3. The first-order valence-electron chi connectivity index (χ1n) is 5.87. The molecule has 18 heavy (non-hydrogen) atoms. The summed E-state index contributed by atoms with van der Waals surface area (Å²) >= 11 is 2.27. The maximum absolute atomic E-state index is 12.1. The molecule has 2 rings (SSSR count). The Bertz CT molecular complexity index is 408. The largest absolute Gasteiger partial charge is 0.341 e. The van der Waals surface area contributed by atoms with Gasteiger partial charge in [-0.05, 0) is 53.3 Å². The Kier molecular flexibility index (Phi) is 6.38. The first-order chi connectivity index (χ1) is 8.16. The maximum atomic E-state index is 12.1. The van der Waals surface area contributed by atoms with Gasteiger partial charge >= 0.3 is 0 Å². The predicted octanol–water partition coefficient (Wildman–Crippen LogP) is 2.08. The Morgan fingerprint density at radius 3 is 2.94 bits per heavy atom. The van der Waals surface area contributed by atoms with Crippen molar-refractivity contribution in [1.29, 1.82) is 0 Å². The summed E-state index contributed by atoms with van der Waals surface area (Å²) in [5.41, 5.74) is 1.10. The number of nitrogens with one attached hydrogen (secondary N) is 1. The summed E-state index contributed by atoms with van der Waals surface area (Å²) in [6.07, 6.45) is 1.57. The van der Waals surface area contributed by atoms with Gasteiger partial charge in [0.15, 0.2) is 0 Å². The van der Waals surface area contributed by atoms with Crippen molar-refractivity contribution in [1.82, 2.24) is 10.2 Å². The van der Waals surface area contributed by atoms with E-state index in [0.29, 0.717) is 12.5 Å². The van der Waals surface area contributed by atoms with Crippen LogP contribution in [0.1, 0.15) is 12.0 Å². The number of amides is 1. The molecule has 1 heterocycles. The Morgan fingerprint density at radius 2 is 2.33 bits per heavy atom. The Labute approximate surface area is 128 Å². The summed E-state index contributed by atoms with van der Waals surface area (Å²) in [6.45, 7) is 1.94. The molecule has 3 nitrogen and oxygen atoms in total. The highest BCUT2D eigenvalue weighted by atomic mass is 127. The normalized spacial score (nSPS) is 18.2. The van der Waals surface area contributed by atoms with Crippen molar-refractivity contribution < 1.29 is 4.79 Å². The van der Waals surface area contributed by atoms with E-state index in [2.05, 4.69) is 34.0 Å². The van der Waals surface area contributed by atoms with Crippen molar-refractivity contribution in [3.63, 3.8) is 0 Å². The van der Waals surface area contributed by atoms with Crippen molar-refractivity contribution in [2.75, 3.05) is 20.1 Å². The zero-order chi connectivity index (χ0) is 12.3. The van der Waals surface area contributed by atoms with E-state index in [-0.39, 0.29) is 18.3 Å². The zero-order valence-electron chi connectivity index (χ0n) is 10.4. The molecule has 1 fully saturated rings. The van der Waals surface area contributed by atoms with Crippen LogP contribution in [0.2, 0.25) is 0 Å². The summed E-state index contributed by atoms with van der Waals surface area (Å²) < 4.78 is 1.18. The lowest BCUT2D eigenvalue weighted by molar-refractivity contribution is -0.130. The van der Waals surface area contributed by atoms with E-state index in [1.807, 2.05) is 30.1 Å². The molecule has 1 atom stereocenters. The van der Waals surface area contributed by atoms with Crippen LogP contribution in [0.25, 0.3) is 0 Å². The average Bonchev–Trinajstić information content (AvgIpc) is 2.81. The molecule has 5 heteroatoms. The summed E-state index contributed by atoms with van der Waals surface area (Å²) in [6, 6.07) is 8.49. The molecule has 0 aliphatic carbocycles. The third kappa shape index (κ3) is 4.10. The number of likely N-dealkylation sites (N-methyl/N-ethyl adjacent to an activating group) is 1. The number of nitrogens with zero attached hydrogens (tertiary/aromatic N) is 1. The monoisotopic (exact) mass is 380 g/mol. The van der Waals surface area contributed by atoms with Gasteiger partial charge in [-0.1, -0.05) is 12.1 Å². The molecular weight excluding hydrogens is 363 g/mol. The number of halogens is 2. The SMILES string of the molecule is CN(C(=O)Cc1cccc(I)c1)C1CCNC1.Cl. The third-order valence-corrected chi connectivity index (χ3v) is 3.89. The lowest BCUT2D eigenvalue weighted by atomic mass is 10.1. The van der Waals surface area contributed by atoms with Crippen molar-refractivity contribution in [2.24, 2.45) is 0 Å². The number of hydrogen-bond acceptors (Lipinski definition) is 2. The van der Waals surface area contributed by atoms with Crippen LogP contribution in [0.4, 0.5) is 0 Å². The van der Waals surface area contributed by atoms with Crippen LogP contribution in [0.3, 0.4) is 0 Å². The molecule has 1 amide bonds. The quantitative estimate of drug-likeness (QED) is 0.814. The fraction of sp³-hybridized carbons (Fsp3) is 0.462. The van der Waals surface area contributed by atoms with E-state index in [1.54, 1.807) is 0 Å². The zero-order valence-corrected chi connectivity index (χ0v) is 13.3. The molecule has 1 aliphatic heterocycles. The van der Waals surface area contributed by atoms with Gasteiger partial charge in [0.2, 0.25) is 5.91 Å². The van der Waals surface area contributed by atoms with Gasteiger partial charge in [0.25, 0.3) is 0 Å². The standard InChI is InChI=1S/C13H17IN2O.ClH/c1-16(12-5-6-15-9-12)13(17)8-10-3-2-4-11(14)7-10;/h2-4,7,12,15H,5-6,8-9H2,1H3;1H. The second kappa shape index (κ2) is 7.31. The summed E-state index contributed by atoms with van der Waals surface area (Å²) in [7, 11) is 1.91. The van der Waals surface area contributed by atoms with Crippen LogP contribution in [0, 0.1) is 3.57 Å². The smallest absolute Gasteiger partial charge is 0.227 e. The molecule has 1 saturated heterocycles. The molecule has 0 spiro atoms. The van der Waals surface area contributed by atoms with Gasteiger partial charge in [-0.2, -0.15) is 0 Å². The van der Waals surface area contributed by atoms with Gasteiger partial charge in [0.05, 0.1) is 6.42 Å². The molecule has 1 N–H and O–H groups in total. The van der Waals surface area contributed by atoms with Gasteiger partial charge in [0, 0.05) is 23.2 Å². The van der Waals surface area contributed by atoms with Gasteiger partial charge in [-0.3, -0.25) is 4.79 Å². The molecule has 0 saturated carbocycles. The van der Waals surface area contributed by atoms with Crippen molar-refractivity contribution in [3.05, 3.63) is 33.4 Å². The van der Waals surface area contributed by atoms with Crippen molar-refractivity contribution in [2.45, 2.75) is 18.9 Å². The first kappa shape index (κ1) is 15.7. The Hall–Kier alpha value is -0.330. The summed E-state index contributed by atoms with van der Waals surface area (Å²) in [4.78, 5) is 14.0. The van der Waals surface area contributed by atoms with Gasteiger partial charge < -0.3 is 10.2 Å². The van der Waals surface area contributed by atoms with Crippen LogP contribution in [0.5, 0.6) is 0 Å². The van der Waals surface area contributed by atoms with Crippen LogP contribution in [-0.4, -0.2) is 37.0 Å². The minimum Gasteiger partial charge on any atom is -0.341 e. The maximum Gasteiger partial charge on any atom is 0.227 e. The molecule has 1 aromatic rings. The molecule has 0 bridgehead atoms. The lowest BCUT2D eigenvalue weighted by Crippen LogP contribution is -2.39. The van der Waals surface area contributed by atoms with Crippen LogP contribution >= 0.6 is 35.0 Å². The molecule has 0 aromatic heterocycles. The Morgan fingerprint density at radius 1 is 1.56 bits per heavy atom. The number of hydrogen-bond donors (Lipinski definition) is 1. The summed E-state index contributed by atoms with van der Waals surface area (Å²) in [5.74, 6) is 0.209. The average molecular weight is 381 g/mol. The van der Waals surface area contributed by atoms with E-state index in [1.165, 1.54) is 3.57 Å². The molecule has 100 valence electrons. The molecule has 1 unspecified atom stereocenters. The lowest BCUT2D eigenvalue weighted by Gasteiger charge is -2.23.